The molecule has 3 aromatic rings. The second-order valence-electron chi connectivity index (χ2n) is 6.54. The van der Waals surface area contributed by atoms with E-state index in [4.69, 9.17) is 9.26 Å². The molecule has 0 unspecified atom stereocenters. The highest BCUT2D eigenvalue weighted by atomic mass is 79.9. The molecular formula is C18H16BrN3O3. The highest BCUT2D eigenvalue weighted by Crippen LogP contribution is 2.34. The first-order chi connectivity index (χ1) is 11.9. The number of fused-ring (bicyclic) bond motifs is 1. The van der Waals surface area contributed by atoms with E-state index >= 15 is 0 Å². The molecule has 0 spiro atoms. The zero-order valence-electron chi connectivity index (χ0n) is 13.7. The lowest BCUT2D eigenvalue weighted by atomic mass is 9.92. The molecular weight excluding hydrogens is 386 g/mol. The van der Waals surface area contributed by atoms with Gasteiger partial charge in [0.25, 0.3) is 5.89 Å². The summed E-state index contributed by atoms with van der Waals surface area (Å²) < 4.78 is 12.1. The summed E-state index contributed by atoms with van der Waals surface area (Å²) in [5.74, 6) is 1.43. The number of halogens is 1. The average Bonchev–Trinajstić information content (AvgIpc) is 3.06. The Balaban J connectivity index is 1.65. The van der Waals surface area contributed by atoms with Crippen LogP contribution in [0.2, 0.25) is 0 Å². The van der Waals surface area contributed by atoms with Crippen molar-refractivity contribution >= 4 is 15.9 Å². The van der Waals surface area contributed by atoms with Gasteiger partial charge < -0.3 is 14.4 Å². The van der Waals surface area contributed by atoms with Crippen LogP contribution in [-0.4, -0.2) is 31.9 Å². The Labute approximate surface area is 153 Å². The first-order valence-corrected chi connectivity index (χ1v) is 8.68. The van der Waals surface area contributed by atoms with E-state index in [9.17, 15) is 5.11 Å². The van der Waals surface area contributed by atoms with Gasteiger partial charge in [0.1, 0.15) is 5.60 Å². The Hall–Kier alpha value is -2.25. The Morgan fingerprint density at radius 3 is 2.72 bits per heavy atom. The second-order valence-corrected chi connectivity index (χ2v) is 7.46. The summed E-state index contributed by atoms with van der Waals surface area (Å²) >= 11 is 3.40. The fraction of sp³-hybridized carbons (Fsp3) is 0.278. The molecule has 0 bridgehead atoms. The summed E-state index contributed by atoms with van der Waals surface area (Å²) in [6.07, 6.45) is 1.51. The summed E-state index contributed by atoms with van der Waals surface area (Å²) in [6.45, 7) is 3.69. The molecule has 7 heteroatoms. The number of rotatable bonds is 2. The predicted octanol–water partition coefficient (Wildman–Crippen LogP) is 3.64. The van der Waals surface area contributed by atoms with Gasteiger partial charge in [-0.05, 0) is 44.2 Å². The Kier molecular flexibility index (Phi) is 3.85. The van der Waals surface area contributed by atoms with Crippen LogP contribution in [0.4, 0.5) is 0 Å². The van der Waals surface area contributed by atoms with Crippen LogP contribution in [0.3, 0.4) is 0 Å². The summed E-state index contributed by atoms with van der Waals surface area (Å²) in [6, 6.07) is 9.55. The predicted molar refractivity (Wildman–Crippen MR) is 95.1 cm³/mol. The molecule has 3 heterocycles. The van der Waals surface area contributed by atoms with Gasteiger partial charge in [-0.15, -0.1) is 0 Å². The van der Waals surface area contributed by atoms with Gasteiger partial charge in [0.15, 0.2) is 0 Å². The summed E-state index contributed by atoms with van der Waals surface area (Å²) in [5.41, 5.74) is 1.74. The second kappa shape index (κ2) is 5.93. The number of hydrogen-bond acceptors (Lipinski definition) is 6. The Bertz CT molecular complexity index is 922. The molecule has 0 aliphatic carbocycles. The molecule has 0 amide bonds. The molecule has 0 saturated heterocycles. The van der Waals surface area contributed by atoms with Gasteiger partial charge in [-0.3, -0.25) is 0 Å². The quantitative estimate of drug-likeness (QED) is 0.705. The lowest BCUT2D eigenvalue weighted by Crippen LogP contribution is -2.46. The lowest BCUT2D eigenvalue weighted by molar-refractivity contribution is -0.0442. The molecule has 1 N–H and O–H groups in total. The minimum absolute atomic E-state index is 0.382. The number of pyridine rings is 1. The van der Waals surface area contributed by atoms with Crippen LogP contribution in [0.5, 0.6) is 5.88 Å². The number of ether oxygens (including phenoxy) is 1. The normalized spacial score (nSPS) is 18.5. The summed E-state index contributed by atoms with van der Waals surface area (Å²) in [7, 11) is 0. The molecule has 128 valence electrons. The lowest BCUT2D eigenvalue weighted by Gasteiger charge is -2.36. The van der Waals surface area contributed by atoms with Crippen LogP contribution >= 0.6 is 15.9 Å². The summed E-state index contributed by atoms with van der Waals surface area (Å²) in [5, 5.41) is 14.2. The van der Waals surface area contributed by atoms with E-state index < -0.39 is 11.7 Å². The molecule has 0 fully saturated rings. The minimum atomic E-state index is -0.652. The van der Waals surface area contributed by atoms with Crippen molar-refractivity contribution in [2.75, 3.05) is 0 Å². The first kappa shape index (κ1) is 16.2. The van der Waals surface area contributed by atoms with E-state index in [1.54, 1.807) is 6.20 Å². The van der Waals surface area contributed by atoms with E-state index in [1.165, 1.54) is 0 Å². The van der Waals surface area contributed by atoms with E-state index in [0.29, 0.717) is 29.6 Å². The zero-order chi connectivity index (χ0) is 17.6. The third-order valence-corrected chi connectivity index (χ3v) is 4.80. The van der Waals surface area contributed by atoms with Crippen molar-refractivity contribution in [3.05, 3.63) is 46.6 Å². The zero-order valence-corrected chi connectivity index (χ0v) is 15.3. The highest BCUT2D eigenvalue weighted by Gasteiger charge is 2.36. The number of aliphatic hydroxyl groups is 1. The standard InChI is InChI=1S/C18H16BrN3O3/c1-18(2)14(23)8-11-7-12(9-20-16(11)24-18)17-21-15(22-25-17)10-3-5-13(19)6-4-10/h3-7,9,14,23H,8H2,1-2H3/t14-/m1/s1. The van der Waals surface area contributed by atoms with Crippen LogP contribution in [0, 0.1) is 0 Å². The van der Waals surface area contributed by atoms with E-state index in [1.807, 2.05) is 44.2 Å². The smallest absolute Gasteiger partial charge is 0.259 e. The summed E-state index contributed by atoms with van der Waals surface area (Å²) in [4.78, 5) is 8.79. The Morgan fingerprint density at radius 2 is 1.96 bits per heavy atom. The Morgan fingerprint density at radius 1 is 1.20 bits per heavy atom. The van der Waals surface area contributed by atoms with Crippen molar-refractivity contribution in [3.8, 4) is 28.7 Å². The SMILES string of the molecule is CC1(C)Oc2ncc(-c3nc(-c4ccc(Br)cc4)no3)cc2C[C@H]1O. The fourth-order valence-corrected chi connectivity index (χ4v) is 2.95. The van der Waals surface area contributed by atoms with Crippen LogP contribution < -0.4 is 4.74 Å². The number of hydrogen-bond donors (Lipinski definition) is 1. The van der Waals surface area contributed by atoms with Gasteiger partial charge in [0.2, 0.25) is 11.7 Å². The molecule has 4 rings (SSSR count). The topological polar surface area (TPSA) is 81.3 Å². The maximum atomic E-state index is 10.2. The maximum absolute atomic E-state index is 10.2. The minimum Gasteiger partial charge on any atom is -0.469 e. The number of nitrogens with zero attached hydrogens (tertiary/aromatic N) is 3. The number of aliphatic hydroxyl groups excluding tert-OH is 1. The van der Waals surface area contributed by atoms with Crippen LogP contribution in [0.25, 0.3) is 22.8 Å². The van der Waals surface area contributed by atoms with Crippen molar-refractivity contribution < 1.29 is 14.4 Å². The van der Waals surface area contributed by atoms with Crippen molar-refractivity contribution in [1.82, 2.24) is 15.1 Å². The number of aromatic nitrogens is 3. The van der Waals surface area contributed by atoms with Crippen molar-refractivity contribution in [2.45, 2.75) is 32.0 Å². The van der Waals surface area contributed by atoms with E-state index in [0.717, 1.165) is 15.6 Å². The molecule has 6 nitrogen and oxygen atoms in total. The molecule has 1 aliphatic heterocycles. The third kappa shape index (κ3) is 3.05. The molecule has 0 radical (unpaired) electrons. The first-order valence-electron chi connectivity index (χ1n) is 7.88. The largest absolute Gasteiger partial charge is 0.469 e. The van der Waals surface area contributed by atoms with Gasteiger partial charge in [-0.1, -0.05) is 21.1 Å². The van der Waals surface area contributed by atoms with Gasteiger partial charge in [-0.2, -0.15) is 4.98 Å². The molecule has 1 atom stereocenters. The van der Waals surface area contributed by atoms with Crippen molar-refractivity contribution in [3.63, 3.8) is 0 Å². The van der Waals surface area contributed by atoms with E-state index in [2.05, 4.69) is 31.1 Å². The monoisotopic (exact) mass is 401 g/mol. The molecule has 1 aliphatic rings. The van der Waals surface area contributed by atoms with Gasteiger partial charge in [0.05, 0.1) is 11.7 Å². The van der Waals surface area contributed by atoms with Gasteiger partial charge >= 0.3 is 0 Å². The van der Waals surface area contributed by atoms with E-state index in [-0.39, 0.29) is 0 Å². The molecule has 1 aromatic carbocycles. The maximum Gasteiger partial charge on any atom is 0.259 e. The van der Waals surface area contributed by atoms with Crippen LogP contribution in [0.15, 0.2) is 45.5 Å². The van der Waals surface area contributed by atoms with Gasteiger partial charge in [-0.25, -0.2) is 4.98 Å². The highest BCUT2D eigenvalue weighted by molar-refractivity contribution is 9.10. The van der Waals surface area contributed by atoms with Crippen LogP contribution in [0.1, 0.15) is 19.4 Å². The fourth-order valence-electron chi connectivity index (χ4n) is 2.68. The molecule has 0 saturated carbocycles. The molecule has 2 aromatic heterocycles. The number of benzene rings is 1. The van der Waals surface area contributed by atoms with Crippen molar-refractivity contribution in [1.29, 1.82) is 0 Å². The van der Waals surface area contributed by atoms with Crippen molar-refractivity contribution in [2.24, 2.45) is 0 Å². The molecule has 25 heavy (non-hydrogen) atoms. The van der Waals surface area contributed by atoms with Crippen LogP contribution in [-0.2, 0) is 6.42 Å². The third-order valence-electron chi connectivity index (χ3n) is 4.28. The van der Waals surface area contributed by atoms with Gasteiger partial charge in [0, 0.05) is 28.2 Å². The average molecular weight is 402 g/mol.